The number of carbonyl (C=O) groups is 1. The van der Waals surface area contributed by atoms with Crippen molar-refractivity contribution in [3.05, 3.63) is 36.4 Å². The van der Waals surface area contributed by atoms with Crippen LogP contribution < -0.4 is 4.90 Å². The third-order valence-electron chi connectivity index (χ3n) is 4.36. The Morgan fingerprint density at radius 1 is 1.30 bits per heavy atom. The quantitative estimate of drug-likeness (QED) is 0.787. The fraction of sp³-hybridized carbons (Fsp3) is 0.333. The third kappa shape index (κ3) is 4.55. The van der Waals surface area contributed by atoms with Gasteiger partial charge in [-0.05, 0) is 24.3 Å². The lowest BCUT2D eigenvalue weighted by molar-refractivity contribution is -0.129. The van der Waals surface area contributed by atoms with Gasteiger partial charge in [-0.1, -0.05) is 0 Å². The maximum absolute atomic E-state index is 12.4. The lowest BCUT2D eigenvalue weighted by Gasteiger charge is -2.35. The number of hydrogen-bond donors (Lipinski definition) is 2. The number of piperazine rings is 1. The van der Waals surface area contributed by atoms with Crippen molar-refractivity contribution >= 4 is 23.5 Å². The van der Waals surface area contributed by atoms with Gasteiger partial charge in [0, 0.05) is 44.9 Å². The van der Waals surface area contributed by atoms with Crippen molar-refractivity contribution in [3.63, 3.8) is 0 Å². The average molecular weight is 374 g/mol. The van der Waals surface area contributed by atoms with Crippen LogP contribution in [-0.2, 0) is 4.79 Å². The SMILES string of the molecule is CC(=O)N1CCN(c2cc(-c3cnc(/C=C\C(=N)C(F)F)[nH]3)ccn2)CC1. The van der Waals surface area contributed by atoms with Gasteiger partial charge in [-0.3, -0.25) is 10.2 Å². The Balaban J connectivity index is 1.71. The highest BCUT2D eigenvalue weighted by atomic mass is 19.3. The van der Waals surface area contributed by atoms with Gasteiger partial charge in [-0.25, -0.2) is 18.7 Å². The number of hydrogen-bond acceptors (Lipinski definition) is 5. The smallest absolute Gasteiger partial charge is 0.279 e. The molecule has 1 amide bonds. The monoisotopic (exact) mass is 374 g/mol. The molecular formula is C18H20F2N6O. The molecule has 142 valence electrons. The van der Waals surface area contributed by atoms with E-state index in [1.54, 1.807) is 19.3 Å². The first-order chi connectivity index (χ1) is 12.9. The number of amides is 1. The molecule has 1 saturated heterocycles. The molecule has 0 aliphatic carbocycles. The number of pyridine rings is 1. The van der Waals surface area contributed by atoms with Gasteiger partial charge in [-0.15, -0.1) is 0 Å². The van der Waals surface area contributed by atoms with Crippen molar-refractivity contribution in [2.24, 2.45) is 0 Å². The van der Waals surface area contributed by atoms with E-state index in [9.17, 15) is 13.6 Å². The topological polar surface area (TPSA) is 89.0 Å². The molecule has 0 aromatic carbocycles. The van der Waals surface area contributed by atoms with Crippen molar-refractivity contribution in [2.75, 3.05) is 31.1 Å². The molecule has 0 spiro atoms. The molecule has 9 heteroatoms. The molecule has 7 nitrogen and oxygen atoms in total. The number of rotatable bonds is 5. The lowest BCUT2D eigenvalue weighted by Crippen LogP contribution is -2.48. The standard InChI is InChI=1S/C18H20F2N6O/c1-12(27)25-6-8-26(9-7-25)17-10-13(4-5-22-17)15-11-23-16(24-15)3-2-14(21)18(19)20/h2-5,10-11,18,21H,6-9H2,1H3,(H,23,24)/b3-2-,21-14?. The van der Waals surface area contributed by atoms with Crippen LogP contribution in [0.3, 0.4) is 0 Å². The number of halogens is 2. The second-order valence-electron chi connectivity index (χ2n) is 6.17. The maximum atomic E-state index is 12.4. The molecule has 27 heavy (non-hydrogen) atoms. The number of nitrogens with one attached hydrogen (secondary N) is 2. The minimum atomic E-state index is -2.80. The van der Waals surface area contributed by atoms with Gasteiger partial charge in [0.15, 0.2) is 0 Å². The van der Waals surface area contributed by atoms with Crippen molar-refractivity contribution in [2.45, 2.75) is 13.3 Å². The summed E-state index contributed by atoms with van der Waals surface area (Å²) in [5.41, 5.74) is 0.832. The van der Waals surface area contributed by atoms with E-state index >= 15 is 0 Å². The molecule has 3 heterocycles. The molecule has 2 N–H and O–H groups in total. The Hall–Kier alpha value is -3.10. The van der Waals surface area contributed by atoms with Crippen LogP contribution in [0.1, 0.15) is 12.7 Å². The summed E-state index contributed by atoms with van der Waals surface area (Å²) < 4.78 is 24.7. The van der Waals surface area contributed by atoms with Gasteiger partial charge in [-0.2, -0.15) is 0 Å². The Morgan fingerprint density at radius 3 is 2.70 bits per heavy atom. The molecular weight excluding hydrogens is 354 g/mol. The first kappa shape index (κ1) is 18.7. The van der Waals surface area contributed by atoms with Crippen LogP contribution >= 0.6 is 0 Å². The average Bonchev–Trinajstić information content (AvgIpc) is 3.15. The minimum Gasteiger partial charge on any atom is -0.353 e. The van der Waals surface area contributed by atoms with Crippen molar-refractivity contribution < 1.29 is 13.6 Å². The predicted molar refractivity (Wildman–Crippen MR) is 99.1 cm³/mol. The van der Waals surface area contributed by atoms with Crippen LogP contribution in [-0.4, -0.2) is 64.1 Å². The largest absolute Gasteiger partial charge is 0.353 e. The second-order valence-corrected chi connectivity index (χ2v) is 6.17. The van der Waals surface area contributed by atoms with Crippen LogP contribution in [0.2, 0.25) is 0 Å². The second kappa shape index (κ2) is 8.07. The fourth-order valence-electron chi connectivity index (χ4n) is 2.82. The number of H-pyrrole nitrogens is 1. The number of anilines is 1. The highest BCUT2D eigenvalue weighted by molar-refractivity contribution is 5.97. The van der Waals surface area contributed by atoms with E-state index < -0.39 is 12.1 Å². The number of aromatic amines is 1. The van der Waals surface area contributed by atoms with Crippen LogP contribution in [0, 0.1) is 5.41 Å². The molecule has 1 aliphatic rings. The van der Waals surface area contributed by atoms with Gasteiger partial charge in [0.25, 0.3) is 6.43 Å². The van der Waals surface area contributed by atoms with Crippen molar-refractivity contribution in [1.29, 1.82) is 5.41 Å². The molecule has 0 unspecified atom stereocenters. The zero-order chi connectivity index (χ0) is 19.4. The van der Waals surface area contributed by atoms with Crippen LogP contribution in [0.25, 0.3) is 17.3 Å². The Labute approximate surface area is 155 Å². The van der Waals surface area contributed by atoms with E-state index in [2.05, 4.69) is 19.9 Å². The minimum absolute atomic E-state index is 0.0781. The van der Waals surface area contributed by atoms with Crippen LogP contribution in [0.4, 0.5) is 14.6 Å². The summed E-state index contributed by atoms with van der Waals surface area (Å²) >= 11 is 0. The number of allylic oxidation sites excluding steroid dienone is 1. The number of imidazole rings is 1. The Kier molecular flexibility index (Phi) is 5.58. The Morgan fingerprint density at radius 2 is 2.04 bits per heavy atom. The normalized spacial score (nSPS) is 15.0. The zero-order valence-corrected chi connectivity index (χ0v) is 14.8. The van der Waals surface area contributed by atoms with Gasteiger partial charge < -0.3 is 14.8 Å². The fourth-order valence-corrected chi connectivity index (χ4v) is 2.82. The first-order valence-corrected chi connectivity index (χ1v) is 8.50. The lowest BCUT2D eigenvalue weighted by atomic mass is 10.2. The van der Waals surface area contributed by atoms with E-state index in [1.807, 2.05) is 17.0 Å². The van der Waals surface area contributed by atoms with Gasteiger partial charge in [0.1, 0.15) is 11.6 Å². The van der Waals surface area contributed by atoms with Gasteiger partial charge in [0.05, 0.1) is 17.6 Å². The zero-order valence-electron chi connectivity index (χ0n) is 14.8. The number of nitrogens with zero attached hydrogens (tertiary/aromatic N) is 4. The molecule has 2 aromatic rings. The highest BCUT2D eigenvalue weighted by Gasteiger charge is 2.19. The Bertz CT molecular complexity index is 855. The van der Waals surface area contributed by atoms with Crippen molar-refractivity contribution in [1.82, 2.24) is 19.9 Å². The molecule has 0 radical (unpaired) electrons. The first-order valence-electron chi connectivity index (χ1n) is 8.50. The molecule has 0 bridgehead atoms. The summed E-state index contributed by atoms with van der Waals surface area (Å²) in [6.45, 7) is 4.32. The molecule has 1 aliphatic heterocycles. The summed E-state index contributed by atoms with van der Waals surface area (Å²) in [4.78, 5) is 26.9. The predicted octanol–water partition coefficient (Wildman–Crippen LogP) is 2.44. The van der Waals surface area contributed by atoms with Crippen molar-refractivity contribution in [3.8, 4) is 11.3 Å². The van der Waals surface area contributed by atoms with E-state index in [0.717, 1.165) is 23.2 Å². The maximum Gasteiger partial charge on any atom is 0.279 e. The summed E-state index contributed by atoms with van der Waals surface area (Å²) in [6, 6.07) is 3.75. The molecule has 3 rings (SSSR count). The molecule has 2 aromatic heterocycles. The van der Waals surface area contributed by atoms with Gasteiger partial charge >= 0.3 is 0 Å². The van der Waals surface area contributed by atoms with Crippen LogP contribution in [0.5, 0.6) is 0 Å². The molecule has 1 fully saturated rings. The summed E-state index contributed by atoms with van der Waals surface area (Å²) in [6.07, 6.45) is 2.88. The number of carbonyl (C=O) groups excluding carboxylic acids is 1. The van der Waals surface area contributed by atoms with E-state index in [-0.39, 0.29) is 5.91 Å². The summed E-state index contributed by atoms with van der Waals surface area (Å²) in [5.74, 6) is 1.28. The third-order valence-corrected chi connectivity index (χ3v) is 4.36. The van der Waals surface area contributed by atoms with E-state index in [4.69, 9.17) is 5.41 Å². The number of alkyl halides is 2. The van der Waals surface area contributed by atoms with Gasteiger partial charge in [0.2, 0.25) is 5.91 Å². The van der Waals surface area contributed by atoms with Crippen LogP contribution in [0.15, 0.2) is 30.6 Å². The molecule has 0 atom stereocenters. The van der Waals surface area contributed by atoms with E-state index in [0.29, 0.717) is 32.0 Å². The highest BCUT2D eigenvalue weighted by Crippen LogP contribution is 2.22. The summed E-state index contributed by atoms with van der Waals surface area (Å²) in [5, 5.41) is 7.13. The summed E-state index contributed by atoms with van der Waals surface area (Å²) in [7, 11) is 0. The van der Waals surface area contributed by atoms with E-state index in [1.165, 1.54) is 6.08 Å². The molecule has 0 saturated carbocycles. The number of aromatic nitrogens is 3.